The van der Waals surface area contributed by atoms with Crippen LogP contribution in [0.5, 0.6) is 0 Å². The molecule has 1 rings (SSSR count). The molecule has 0 aromatic carbocycles. The third-order valence-electron chi connectivity index (χ3n) is 0.932. The summed E-state index contributed by atoms with van der Waals surface area (Å²) in [5.41, 5.74) is 0. The maximum atomic E-state index is 10.7. The SMILES string of the molecule is CSC(=O)Nc1ccco1. The fourth-order valence-electron chi connectivity index (χ4n) is 0.501. The Morgan fingerprint density at radius 1 is 1.80 bits per heavy atom. The van der Waals surface area contributed by atoms with Crippen molar-refractivity contribution in [3.05, 3.63) is 18.4 Å². The first-order chi connectivity index (χ1) is 4.83. The molecule has 0 bridgehead atoms. The van der Waals surface area contributed by atoms with Crippen molar-refractivity contribution in [2.45, 2.75) is 0 Å². The second kappa shape index (κ2) is 3.31. The molecule has 0 fully saturated rings. The summed E-state index contributed by atoms with van der Waals surface area (Å²) in [5, 5.41) is 2.41. The molecular weight excluding hydrogens is 150 g/mol. The smallest absolute Gasteiger partial charge is 0.285 e. The maximum absolute atomic E-state index is 10.7. The van der Waals surface area contributed by atoms with Crippen LogP contribution in [0.3, 0.4) is 0 Å². The number of amides is 1. The van der Waals surface area contributed by atoms with Gasteiger partial charge in [-0.25, -0.2) is 0 Å². The predicted octanol–water partition coefficient (Wildman–Crippen LogP) is 2.17. The molecule has 0 unspecified atom stereocenters. The molecule has 0 atom stereocenters. The average Bonchev–Trinajstić information content (AvgIpc) is 2.40. The number of hydrogen-bond acceptors (Lipinski definition) is 3. The molecule has 1 amide bonds. The van der Waals surface area contributed by atoms with Gasteiger partial charge in [0.2, 0.25) is 0 Å². The number of anilines is 1. The fourth-order valence-corrected chi connectivity index (χ4v) is 0.704. The Labute approximate surface area is 62.8 Å². The van der Waals surface area contributed by atoms with Crippen molar-refractivity contribution in [3.8, 4) is 0 Å². The summed E-state index contributed by atoms with van der Waals surface area (Å²) < 4.78 is 4.86. The molecule has 0 aliphatic carbocycles. The Hall–Kier alpha value is -0.900. The highest BCUT2D eigenvalue weighted by Gasteiger charge is 1.99. The minimum absolute atomic E-state index is 0.116. The van der Waals surface area contributed by atoms with Crippen LogP contribution in [0.15, 0.2) is 22.8 Å². The van der Waals surface area contributed by atoms with E-state index in [0.717, 1.165) is 11.8 Å². The lowest BCUT2D eigenvalue weighted by Gasteiger charge is -1.94. The van der Waals surface area contributed by atoms with Crippen LogP contribution in [0.2, 0.25) is 0 Å². The first kappa shape index (κ1) is 7.21. The summed E-state index contributed by atoms with van der Waals surface area (Å²) >= 11 is 1.11. The molecule has 1 aromatic heterocycles. The van der Waals surface area contributed by atoms with Gasteiger partial charge in [-0.2, -0.15) is 0 Å². The summed E-state index contributed by atoms with van der Waals surface area (Å²) in [4.78, 5) is 10.7. The van der Waals surface area contributed by atoms with E-state index in [-0.39, 0.29) is 5.24 Å². The van der Waals surface area contributed by atoms with Crippen LogP contribution in [-0.4, -0.2) is 11.5 Å². The number of hydrogen-bond donors (Lipinski definition) is 1. The maximum Gasteiger partial charge on any atom is 0.285 e. The molecule has 0 aliphatic heterocycles. The van der Waals surface area contributed by atoms with E-state index in [9.17, 15) is 4.79 Å². The van der Waals surface area contributed by atoms with Gasteiger partial charge in [-0.1, -0.05) is 11.8 Å². The van der Waals surface area contributed by atoms with E-state index < -0.39 is 0 Å². The summed E-state index contributed by atoms with van der Waals surface area (Å²) in [5.74, 6) is 0.486. The Kier molecular flexibility index (Phi) is 2.39. The van der Waals surface area contributed by atoms with Crippen LogP contribution >= 0.6 is 11.8 Å². The van der Waals surface area contributed by atoms with E-state index in [0.29, 0.717) is 5.88 Å². The van der Waals surface area contributed by atoms with E-state index in [4.69, 9.17) is 4.42 Å². The van der Waals surface area contributed by atoms with Crippen LogP contribution in [0.4, 0.5) is 10.7 Å². The molecule has 1 aromatic rings. The van der Waals surface area contributed by atoms with Crippen LogP contribution < -0.4 is 5.32 Å². The normalized spacial score (nSPS) is 9.30. The van der Waals surface area contributed by atoms with Gasteiger partial charge in [0.05, 0.1) is 6.26 Å². The molecule has 54 valence electrons. The minimum atomic E-state index is -0.116. The number of carbonyl (C=O) groups is 1. The van der Waals surface area contributed by atoms with Gasteiger partial charge in [0.15, 0.2) is 5.88 Å². The molecule has 0 spiro atoms. The van der Waals surface area contributed by atoms with Gasteiger partial charge < -0.3 is 4.42 Å². The van der Waals surface area contributed by atoms with Crippen molar-refractivity contribution < 1.29 is 9.21 Å². The lowest BCUT2D eigenvalue weighted by Crippen LogP contribution is -2.01. The number of rotatable bonds is 1. The van der Waals surface area contributed by atoms with E-state index in [1.165, 1.54) is 6.26 Å². The quantitative estimate of drug-likeness (QED) is 0.679. The van der Waals surface area contributed by atoms with Crippen LogP contribution in [0.1, 0.15) is 0 Å². The van der Waals surface area contributed by atoms with Crippen molar-refractivity contribution in [1.29, 1.82) is 0 Å². The topological polar surface area (TPSA) is 42.2 Å². The average molecular weight is 157 g/mol. The zero-order valence-electron chi connectivity index (χ0n) is 5.46. The van der Waals surface area contributed by atoms with Gasteiger partial charge in [-0.05, 0) is 12.3 Å². The molecule has 0 saturated carbocycles. The van der Waals surface area contributed by atoms with Crippen molar-refractivity contribution in [2.75, 3.05) is 11.6 Å². The van der Waals surface area contributed by atoms with Crippen LogP contribution in [0, 0.1) is 0 Å². The lowest BCUT2D eigenvalue weighted by atomic mass is 10.6. The molecule has 1 N–H and O–H groups in total. The van der Waals surface area contributed by atoms with Crippen molar-refractivity contribution in [3.63, 3.8) is 0 Å². The molecule has 3 nitrogen and oxygen atoms in total. The second-order valence-electron chi connectivity index (χ2n) is 1.59. The third-order valence-corrected chi connectivity index (χ3v) is 1.40. The number of nitrogens with one attached hydrogen (secondary N) is 1. The van der Waals surface area contributed by atoms with E-state index in [1.54, 1.807) is 18.4 Å². The first-order valence-corrected chi connectivity index (χ1v) is 3.94. The highest BCUT2D eigenvalue weighted by atomic mass is 32.2. The molecule has 1 heterocycles. The van der Waals surface area contributed by atoms with Crippen LogP contribution in [0.25, 0.3) is 0 Å². The van der Waals surface area contributed by atoms with E-state index >= 15 is 0 Å². The second-order valence-corrected chi connectivity index (χ2v) is 2.37. The number of thioether (sulfide) groups is 1. The highest BCUT2D eigenvalue weighted by Crippen LogP contribution is 2.09. The molecule has 0 aliphatic rings. The van der Waals surface area contributed by atoms with Gasteiger partial charge in [0, 0.05) is 6.07 Å². The largest absolute Gasteiger partial charge is 0.449 e. The predicted molar refractivity (Wildman–Crippen MR) is 41.2 cm³/mol. The highest BCUT2D eigenvalue weighted by molar-refractivity contribution is 8.13. The zero-order valence-corrected chi connectivity index (χ0v) is 6.27. The van der Waals surface area contributed by atoms with E-state index in [2.05, 4.69) is 5.32 Å². The Balaban J connectivity index is 2.48. The number of furan rings is 1. The molecule has 10 heavy (non-hydrogen) atoms. The minimum Gasteiger partial charge on any atom is -0.449 e. The summed E-state index contributed by atoms with van der Waals surface area (Å²) in [6, 6.07) is 3.41. The van der Waals surface area contributed by atoms with Crippen molar-refractivity contribution in [2.24, 2.45) is 0 Å². The lowest BCUT2D eigenvalue weighted by molar-refractivity contribution is 0.269. The summed E-state index contributed by atoms with van der Waals surface area (Å²) in [6.45, 7) is 0. The third kappa shape index (κ3) is 1.80. The van der Waals surface area contributed by atoms with Gasteiger partial charge in [0.1, 0.15) is 0 Å². The molecule has 0 radical (unpaired) electrons. The molecule has 0 saturated heterocycles. The van der Waals surface area contributed by atoms with Crippen LogP contribution in [-0.2, 0) is 0 Å². The Morgan fingerprint density at radius 3 is 3.10 bits per heavy atom. The number of carbonyl (C=O) groups excluding carboxylic acids is 1. The zero-order chi connectivity index (χ0) is 7.40. The standard InChI is InChI=1S/C6H7NO2S/c1-10-6(8)7-5-3-2-4-9-5/h2-4H,1H3,(H,7,8). The molecule has 4 heteroatoms. The Bertz CT molecular complexity index is 208. The van der Waals surface area contributed by atoms with Crippen molar-refractivity contribution >= 4 is 22.9 Å². The van der Waals surface area contributed by atoms with Gasteiger partial charge >= 0.3 is 0 Å². The monoisotopic (exact) mass is 157 g/mol. The van der Waals surface area contributed by atoms with Gasteiger partial charge in [-0.15, -0.1) is 0 Å². The Morgan fingerprint density at radius 2 is 2.60 bits per heavy atom. The summed E-state index contributed by atoms with van der Waals surface area (Å²) in [7, 11) is 0. The van der Waals surface area contributed by atoms with Gasteiger partial charge in [0.25, 0.3) is 5.24 Å². The van der Waals surface area contributed by atoms with E-state index in [1.807, 2.05) is 0 Å². The fraction of sp³-hybridized carbons (Fsp3) is 0.167. The summed E-state index contributed by atoms with van der Waals surface area (Å²) in [6.07, 6.45) is 3.22. The molecular formula is C6H7NO2S. The van der Waals surface area contributed by atoms with Gasteiger partial charge in [-0.3, -0.25) is 10.1 Å². The first-order valence-electron chi connectivity index (χ1n) is 2.71. The van der Waals surface area contributed by atoms with Crippen molar-refractivity contribution in [1.82, 2.24) is 0 Å².